The summed E-state index contributed by atoms with van der Waals surface area (Å²) in [7, 11) is 0. The maximum Gasteiger partial charge on any atom is 0.228 e. The van der Waals surface area contributed by atoms with Crippen LogP contribution in [0, 0.1) is 17.8 Å². The summed E-state index contributed by atoms with van der Waals surface area (Å²) in [5, 5.41) is 0. The Bertz CT molecular complexity index is 566. The van der Waals surface area contributed by atoms with Gasteiger partial charge in [-0.25, -0.2) is 0 Å². The molecule has 3 fully saturated rings. The van der Waals surface area contributed by atoms with Gasteiger partial charge in [0.1, 0.15) is 0 Å². The van der Waals surface area contributed by atoms with Crippen molar-refractivity contribution in [2.24, 2.45) is 17.8 Å². The van der Waals surface area contributed by atoms with Crippen molar-refractivity contribution in [3.8, 4) is 0 Å². The van der Waals surface area contributed by atoms with Crippen LogP contribution in [0.2, 0.25) is 0 Å². The van der Waals surface area contributed by atoms with Crippen LogP contribution in [0.15, 0.2) is 0 Å². The van der Waals surface area contributed by atoms with Gasteiger partial charge >= 0.3 is 0 Å². The first-order valence-electron chi connectivity index (χ1n) is 9.65. The zero-order valence-corrected chi connectivity index (χ0v) is 16.0. The molecule has 3 rings (SSSR count). The number of rotatable bonds is 3. The van der Waals surface area contributed by atoms with Gasteiger partial charge in [-0.05, 0) is 25.7 Å². The second-order valence-electron chi connectivity index (χ2n) is 8.30. The zero-order valence-electron chi connectivity index (χ0n) is 16.0. The number of carbonyl (C=O) groups excluding carboxylic acids is 3. The van der Waals surface area contributed by atoms with Gasteiger partial charge in [0, 0.05) is 52.0 Å². The lowest BCUT2D eigenvalue weighted by Gasteiger charge is -2.47. The molecule has 1 spiro atoms. The van der Waals surface area contributed by atoms with Crippen molar-refractivity contribution in [2.45, 2.75) is 52.5 Å². The Morgan fingerprint density at radius 2 is 1.80 bits per heavy atom. The Labute approximate surface area is 150 Å². The van der Waals surface area contributed by atoms with Crippen LogP contribution in [-0.2, 0) is 14.4 Å². The van der Waals surface area contributed by atoms with Crippen LogP contribution in [0.3, 0.4) is 0 Å². The number of nitrogens with zero attached hydrogens (tertiary/aromatic N) is 3. The monoisotopic (exact) mass is 349 g/mol. The molecule has 0 aromatic rings. The van der Waals surface area contributed by atoms with Crippen molar-refractivity contribution in [2.75, 3.05) is 32.7 Å². The molecule has 6 nitrogen and oxygen atoms in total. The van der Waals surface area contributed by atoms with E-state index in [1.165, 1.54) is 0 Å². The molecule has 0 saturated carbocycles. The van der Waals surface area contributed by atoms with E-state index >= 15 is 0 Å². The third kappa shape index (κ3) is 2.93. The maximum absolute atomic E-state index is 12.9. The van der Waals surface area contributed by atoms with Crippen molar-refractivity contribution in [1.29, 1.82) is 0 Å². The molecule has 3 amide bonds. The highest BCUT2D eigenvalue weighted by Gasteiger charge is 2.61. The Morgan fingerprint density at radius 3 is 2.32 bits per heavy atom. The summed E-state index contributed by atoms with van der Waals surface area (Å²) in [5.41, 5.74) is -0.171. The SMILES string of the molecule is CCN1C(=O)[C@H]2CN(C(C)=O)C[C@H]2C12CCN(C(=O)CC(C)C)CC2. The molecule has 0 aromatic heterocycles. The van der Waals surface area contributed by atoms with Crippen molar-refractivity contribution < 1.29 is 14.4 Å². The standard InChI is InChI=1S/C19H31N3O3/c1-5-22-18(25)15-11-21(14(4)23)12-16(15)19(22)6-8-20(9-7-19)17(24)10-13(2)3/h13,15-16H,5-12H2,1-4H3/t15-,16+/m0/s1. The summed E-state index contributed by atoms with van der Waals surface area (Å²) >= 11 is 0. The number of amides is 3. The minimum absolute atomic E-state index is 0.0539. The lowest BCUT2D eigenvalue weighted by molar-refractivity contribution is -0.139. The fraction of sp³-hybridized carbons (Fsp3) is 0.842. The first-order chi connectivity index (χ1) is 11.8. The number of piperidine rings is 1. The van der Waals surface area contributed by atoms with Crippen molar-refractivity contribution in [1.82, 2.24) is 14.7 Å². The Morgan fingerprint density at radius 1 is 1.16 bits per heavy atom. The average molecular weight is 349 g/mol. The Hall–Kier alpha value is -1.59. The van der Waals surface area contributed by atoms with E-state index in [-0.39, 0.29) is 35.1 Å². The number of carbonyl (C=O) groups is 3. The number of fused-ring (bicyclic) bond motifs is 2. The first kappa shape index (κ1) is 18.2. The molecule has 0 unspecified atom stereocenters. The van der Waals surface area contributed by atoms with Crippen LogP contribution in [0.4, 0.5) is 0 Å². The second-order valence-corrected chi connectivity index (χ2v) is 8.30. The molecule has 140 valence electrons. The third-order valence-electron chi connectivity index (χ3n) is 6.46. The molecular formula is C19H31N3O3. The molecule has 0 bridgehead atoms. The molecule has 0 aliphatic carbocycles. The summed E-state index contributed by atoms with van der Waals surface area (Å²) in [6.45, 7) is 11.2. The molecular weight excluding hydrogens is 318 g/mol. The topological polar surface area (TPSA) is 60.9 Å². The van der Waals surface area contributed by atoms with Crippen LogP contribution >= 0.6 is 0 Å². The molecule has 3 aliphatic heterocycles. The average Bonchev–Trinajstić information content (AvgIpc) is 3.08. The minimum Gasteiger partial charge on any atom is -0.343 e. The summed E-state index contributed by atoms with van der Waals surface area (Å²) < 4.78 is 0. The molecule has 25 heavy (non-hydrogen) atoms. The smallest absolute Gasteiger partial charge is 0.228 e. The summed E-state index contributed by atoms with van der Waals surface area (Å²) in [5.74, 6) is 1.02. The number of hydrogen-bond donors (Lipinski definition) is 0. The van der Waals surface area contributed by atoms with E-state index < -0.39 is 0 Å². The van der Waals surface area contributed by atoms with Gasteiger partial charge < -0.3 is 14.7 Å². The molecule has 3 saturated heterocycles. The summed E-state index contributed by atoms with van der Waals surface area (Å²) in [6.07, 6.45) is 2.26. The van der Waals surface area contributed by atoms with Crippen LogP contribution in [0.25, 0.3) is 0 Å². The van der Waals surface area contributed by atoms with Gasteiger partial charge in [0.25, 0.3) is 0 Å². The van der Waals surface area contributed by atoms with Gasteiger partial charge in [0.2, 0.25) is 17.7 Å². The van der Waals surface area contributed by atoms with Crippen molar-refractivity contribution >= 4 is 17.7 Å². The molecule has 0 radical (unpaired) electrons. The van der Waals surface area contributed by atoms with Crippen molar-refractivity contribution in [3.63, 3.8) is 0 Å². The molecule has 3 aliphatic rings. The second kappa shape index (κ2) is 6.61. The summed E-state index contributed by atoms with van der Waals surface area (Å²) in [4.78, 5) is 43.0. The van der Waals surface area contributed by atoms with Crippen molar-refractivity contribution in [3.05, 3.63) is 0 Å². The van der Waals surface area contributed by atoms with E-state index in [4.69, 9.17) is 0 Å². The van der Waals surface area contributed by atoms with E-state index in [0.717, 1.165) is 25.9 Å². The maximum atomic E-state index is 12.9. The highest BCUT2D eigenvalue weighted by atomic mass is 16.2. The van der Waals surface area contributed by atoms with E-state index in [1.54, 1.807) is 6.92 Å². The molecule has 3 heterocycles. The largest absolute Gasteiger partial charge is 0.343 e. The van der Waals surface area contributed by atoms with Gasteiger partial charge in [-0.2, -0.15) is 0 Å². The Kier molecular flexibility index (Phi) is 4.82. The zero-order chi connectivity index (χ0) is 18.4. The van der Waals surface area contributed by atoms with Crippen LogP contribution in [0.1, 0.15) is 47.0 Å². The lowest BCUT2D eigenvalue weighted by Crippen LogP contribution is -2.58. The van der Waals surface area contributed by atoms with E-state index in [1.807, 2.05) is 16.7 Å². The molecule has 6 heteroatoms. The van der Waals surface area contributed by atoms with E-state index in [0.29, 0.717) is 32.0 Å². The van der Waals surface area contributed by atoms with Crippen LogP contribution in [-0.4, -0.2) is 70.7 Å². The highest BCUT2D eigenvalue weighted by Crippen LogP contribution is 2.49. The van der Waals surface area contributed by atoms with Crippen LogP contribution in [0.5, 0.6) is 0 Å². The van der Waals surface area contributed by atoms with Gasteiger partial charge in [-0.1, -0.05) is 13.8 Å². The molecule has 0 N–H and O–H groups in total. The number of likely N-dealkylation sites (tertiary alicyclic amines) is 3. The number of hydrogen-bond acceptors (Lipinski definition) is 3. The van der Waals surface area contributed by atoms with Gasteiger partial charge in [-0.3, -0.25) is 14.4 Å². The quantitative estimate of drug-likeness (QED) is 0.773. The first-order valence-corrected chi connectivity index (χ1v) is 9.65. The predicted molar refractivity (Wildman–Crippen MR) is 94.6 cm³/mol. The fourth-order valence-corrected chi connectivity index (χ4v) is 5.21. The third-order valence-corrected chi connectivity index (χ3v) is 6.46. The van der Waals surface area contributed by atoms with Gasteiger partial charge in [0.15, 0.2) is 0 Å². The van der Waals surface area contributed by atoms with E-state index in [2.05, 4.69) is 18.7 Å². The van der Waals surface area contributed by atoms with E-state index in [9.17, 15) is 14.4 Å². The highest BCUT2D eigenvalue weighted by molar-refractivity contribution is 5.85. The fourth-order valence-electron chi connectivity index (χ4n) is 5.21. The Balaban J connectivity index is 1.77. The summed E-state index contributed by atoms with van der Waals surface area (Å²) in [6, 6.07) is 0. The minimum atomic E-state index is -0.171. The molecule has 2 atom stereocenters. The molecule has 0 aromatic carbocycles. The van der Waals surface area contributed by atoms with Gasteiger partial charge in [-0.15, -0.1) is 0 Å². The lowest BCUT2D eigenvalue weighted by atomic mass is 9.74. The normalized spacial score (nSPS) is 28.2. The van der Waals surface area contributed by atoms with Gasteiger partial charge in [0.05, 0.1) is 11.5 Å². The predicted octanol–water partition coefficient (Wildman–Crippen LogP) is 1.35. The van der Waals surface area contributed by atoms with Crippen LogP contribution < -0.4 is 0 Å².